The highest BCUT2D eigenvalue weighted by Gasteiger charge is 2.25. The molecule has 1 fully saturated rings. The molecular weight excluding hydrogens is 286 g/mol. The second-order valence-corrected chi connectivity index (χ2v) is 5.78. The molecule has 1 unspecified atom stereocenters. The van der Waals surface area contributed by atoms with Crippen LogP contribution in [0.25, 0.3) is 10.9 Å². The number of halogens is 1. The van der Waals surface area contributed by atoms with Gasteiger partial charge < -0.3 is 10.2 Å². The monoisotopic (exact) mass is 303 g/mol. The number of carbonyl (C=O) groups excluding carboxylic acids is 1. The fourth-order valence-electron chi connectivity index (χ4n) is 2.80. The molecule has 1 aromatic heterocycles. The van der Waals surface area contributed by atoms with E-state index in [1.54, 1.807) is 6.20 Å². The van der Waals surface area contributed by atoms with Gasteiger partial charge in [0.25, 0.3) is 0 Å². The first-order valence-corrected chi connectivity index (χ1v) is 7.63. The molecule has 0 saturated carbocycles. The number of carbonyl (C=O) groups is 1. The van der Waals surface area contributed by atoms with Crippen molar-refractivity contribution in [1.82, 2.24) is 9.88 Å². The standard InChI is InChI=1S/C16H18ClN3O/c1-2-16(21)20-8-6-12(10-20)19-14-5-7-18-15-9-11(17)3-4-13(14)15/h3-5,7,9,12H,2,6,8,10H2,1H3,(H,18,19). The third kappa shape index (κ3) is 2.95. The fourth-order valence-corrected chi connectivity index (χ4v) is 2.96. The Morgan fingerprint density at radius 1 is 1.48 bits per heavy atom. The average molecular weight is 304 g/mol. The van der Waals surface area contributed by atoms with E-state index in [9.17, 15) is 4.79 Å². The van der Waals surface area contributed by atoms with Crippen LogP contribution >= 0.6 is 11.6 Å². The summed E-state index contributed by atoms with van der Waals surface area (Å²) in [6.07, 6.45) is 3.33. The molecule has 1 atom stereocenters. The predicted molar refractivity (Wildman–Crippen MR) is 85.7 cm³/mol. The highest BCUT2D eigenvalue weighted by atomic mass is 35.5. The Hall–Kier alpha value is -1.81. The van der Waals surface area contributed by atoms with Gasteiger partial charge in [0.05, 0.1) is 5.52 Å². The number of nitrogens with zero attached hydrogens (tertiary/aromatic N) is 2. The molecule has 1 amide bonds. The largest absolute Gasteiger partial charge is 0.380 e. The number of hydrogen-bond donors (Lipinski definition) is 1. The highest BCUT2D eigenvalue weighted by molar-refractivity contribution is 6.31. The Labute approximate surface area is 129 Å². The Kier molecular flexibility index (Phi) is 3.97. The first-order valence-electron chi connectivity index (χ1n) is 7.26. The van der Waals surface area contributed by atoms with Crippen molar-refractivity contribution < 1.29 is 4.79 Å². The quantitative estimate of drug-likeness (QED) is 0.946. The summed E-state index contributed by atoms with van der Waals surface area (Å²) in [5.41, 5.74) is 1.93. The van der Waals surface area contributed by atoms with E-state index in [4.69, 9.17) is 11.6 Å². The maximum absolute atomic E-state index is 11.7. The van der Waals surface area contributed by atoms with Crippen LogP contribution in [0.3, 0.4) is 0 Å². The van der Waals surface area contributed by atoms with Crippen molar-refractivity contribution in [3.63, 3.8) is 0 Å². The van der Waals surface area contributed by atoms with Crippen LogP contribution in [0.15, 0.2) is 30.5 Å². The molecule has 0 aliphatic carbocycles. The van der Waals surface area contributed by atoms with Crippen molar-refractivity contribution in [2.24, 2.45) is 0 Å². The van der Waals surface area contributed by atoms with Crippen LogP contribution < -0.4 is 5.32 Å². The van der Waals surface area contributed by atoms with Gasteiger partial charge in [0.15, 0.2) is 0 Å². The number of rotatable bonds is 3. The van der Waals surface area contributed by atoms with Gasteiger partial charge in [-0.2, -0.15) is 0 Å². The molecule has 0 spiro atoms. The lowest BCUT2D eigenvalue weighted by molar-refractivity contribution is -0.129. The third-order valence-electron chi connectivity index (χ3n) is 3.91. The van der Waals surface area contributed by atoms with Crippen molar-refractivity contribution in [3.8, 4) is 0 Å². The lowest BCUT2D eigenvalue weighted by atomic mass is 10.1. The van der Waals surface area contributed by atoms with Gasteiger partial charge in [-0.05, 0) is 30.7 Å². The predicted octanol–water partition coefficient (Wildman–Crippen LogP) is 3.31. The minimum Gasteiger partial charge on any atom is -0.380 e. The molecule has 5 heteroatoms. The maximum Gasteiger partial charge on any atom is 0.222 e. The van der Waals surface area contributed by atoms with Crippen LogP contribution in [0.1, 0.15) is 19.8 Å². The normalized spacial score (nSPS) is 18.2. The first-order chi connectivity index (χ1) is 10.2. The summed E-state index contributed by atoms with van der Waals surface area (Å²) in [6.45, 7) is 3.51. The van der Waals surface area contributed by atoms with Gasteiger partial charge in [-0.3, -0.25) is 9.78 Å². The summed E-state index contributed by atoms with van der Waals surface area (Å²) < 4.78 is 0. The summed E-state index contributed by atoms with van der Waals surface area (Å²) in [6, 6.07) is 7.99. The summed E-state index contributed by atoms with van der Waals surface area (Å²) in [5.74, 6) is 0.227. The van der Waals surface area contributed by atoms with E-state index in [2.05, 4.69) is 10.3 Å². The molecule has 1 saturated heterocycles. The molecule has 1 N–H and O–H groups in total. The maximum atomic E-state index is 11.7. The molecule has 21 heavy (non-hydrogen) atoms. The number of aromatic nitrogens is 1. The Balaban J connectivity index is 1.78. The molecule has 1 aliphatic heterocycles. The van der Waals surface area contributed by atoms with Gasteiger partial charge in [0, 0.05) is 47.8 Å². The molecule has 110 valence electrons. The van der Waals surface area contributed by atoms with E-state index in [-0.39, 0.29) is 5.91 Å². The SMILES string of the molecule is CCC(=O)N1CCC(Nc2ccnc3cc(Cl)ccc23)C1. The molecule has 4 nitrogen and oxygen atoms in total. The number of likely N-dealkylation sites (tertiary alicyclic amines) is 1. The van der Waals surface area contributed by atoms with Crippen molar-refractivity contribution >= 4 is 34.1 Å². The summed E-state index contributed by atoms with van der Waals surface area (Å²) >= 11 is 6.01. The lowest BCUT2D eigenvalue weighted by Crippen LogP contribution is -2.30. The van der Waals surface area contributed by atoms with E-state index in [1.807, 2.05) is 36.1 Å². The van der Waals surface area contributed by atoms with Crippen LogP contribution in [0.5, 0.6) is 0 Å². The Bertz CT molecular complexity index is 674. The zero-order valence-electron chi connectivity index (χ0n) is 12.0. The summed E-state index contributed by atoms with van der Waals surface area (Å²) in [7, 11) is 0. The van der Waals surface area contributed by atoms with E-state index in [1.165, 1.54) is 0 Å². The van der Waals surface area contributed by atoms with Crippen molar-refractivity contribution in [2.45, 2.75) is 25.8 Å². The van der Waals surface area contributed by atoms with Crippen LogP contribution in [-0.4, -0.2) is 34.9 Å². The van der Waals surface area contributed by atoms with Gasteiger partial charge in [-0.15, -0.1) is 0 Å². The second kappa shape index (κ2) is 5.90. The number of anilines is 1. The number of pyridine rings is 1. The van der Waals surface area contributed by atoms with Crippen molar-refractivity contribution in [1.29, 1.82) is 0 Å². The number of benzene rings is 1. The Morgan fingerprint density at radius 3 is 3.14 bits per heavy atom. The van der Waals surface area contributed by atoms with Crippen molar-refractivity contribution in [2.75, 3.05) is 18.4 Å². The van der Waals surface area contributed by atoms with E-state index >= 15 is 0 Å². The highest BCUT2D eigenvalue weighted by Crippen LogP contribution is 2.26. The minimum absolute atomic E-state index is 0.227. The third-order valence-corrected chi connectivity index (χ3v) is 4.14. The molecule has 0 bridgehead atoms. The fraction of sp³-hybridized carbons (Fsp3) is 0.375. The van der Waals surface area contributed by atoms with Gasteiger partial charge in [0.1, 0.15) is 0 Å². The molecule has 1 aromatic carbocycles. The van der Waals surface area contributed by atoms with Gasteiger partial charge in [-0.25, -0.2) is 0 Å². The van der Waals surface area contributed by atoms with E-state index in [0.717, 1.165) is 36.1 Å². The van der Waals surface area contributed by atoms with Crippen LogP contribution in [0, 0.1) is 0 Å². The summed E-state index contributed by atoms with van der Waals surface area (Å²) in [4.78, 5) is 18.0. The van der Waals surface area contributed by atoms with Crippen LogP contribution in [0.2, 0.25) is 5.02 Å². The first kappa shape index (κ1) is 14.1. The van der Waals surface area contributed by atoms with E-state index < -0.39 is 0 Å². The Morgan fingerprint density at radius 2 is 2.33 bits per heavy atom. The molecule has 0 radical (unpaired) electrons. The average Bonchev–Trinajstić information content (AvgIpc) is 2.95. The van der Waals surface area contributed by atoms with Crippen LogP contribution in [0.4, 0.5) is 5.69 Å². The van der Waals surface area contributed by atoms with E-state index in [0.29, 0.717) is 17.5 Å². The van der Waals surface area contributed by atoms with Gasteiger partial charge in [0.2, 0.25) is 5.91 Å². The lowest BCUT2D eigenvalue weighted by Gasteiger charge is -2.18. The molecule has 2 aromatic rings. The van der Waals surface area contributed by atoms with Gasteiger partial charge in [-0.1, -0.05) is 18.5 Å². The number of hydrogen-bond acceptors (Lipinski definition) is 3. The zero-order chi connectivity index (χ0) is 14.8. The number of fused-ring (bicyclic) bond motifs is 1. The van der Waals surface area contributed by atoms with Crippen molar-refractivity contribution in [3.05, 3.63) is 35.5 Å². The number of nitrogens with one attached hydrogen (secondary N) is 1. The molecule has 2 heterocycles. The number of amides is 1. The minimum atomic E-state index is 0.227. The topological polar surface area (TPSA) is 45.2 Å². The van der Waals surface area contributed by atoms with Crippen LogP contribution in [-0.2, 0) is 4.79 Å². The second-order valence-electron chi connectivity index (χ2n) is 5.34. The summed E-state index contributed by atoms with van der Waals surface area (Å²) in [5, 5.41) is 5.28. The molecule has 3 rings (SSSR count). The molecule has 1 aliphatic rings. The molecular formula is C16H18ClN3O. The van der Waals surface area contributed by atoms with Gasteiger partial charge >= 0.3 is 0 Å². The zero-order valence-corrected chi connectivity index (χ0v) is 12.7. The smallest absolute Gasteiger partial charge is 0.222 e.